The van der Waals surface area contributed by atoms with Gasteiger partial charge in [-0.3, -0.25) is 0 Å². The van der Waals surface area contributed by atoms with Crippen LogP contribution in [0.3, 0.4) is 0 Å². The number of aliphatic hydroxyl groups excluding tert-OH is 2. The third-order valence-electron chi connectivity index (χ3n) is 9.90. The number of aromatic nitrogens is 2. The smallest absolute Gasteiger partial charge is 0.198 e. The van der Waals surface area contributed by atoms with Crippen LogP contribution in [0, 0.1) is 11.3 Å². The van der Waals surface area contributed by atoms with E-state index in [2.05, 4.69) is 47.3 Å². The highest BCUT2D eigenvalue weighted by Gasteiger charge is 2.67. The second-order valence-electron chi connectivity index (χ2n) is 11.8. The van der Waals surface area contributed by atoms with Crippen molar-refractivity contribution < 1.29 is 14.9 Å². The summed E-state index contributed by atoms with van der Waals surface area (Å²) >= 11 is 0. The van der Waals surface area contributed by atoms with E-state index in [4.69, 9.17) is 10.5 Å². The predicted molar refractivity (Wildman–Crippen MR) is 135 cm³/mol. The van der Waals surface area contributed by atoms with Crippen LogP contribution in [-0.4, -0.2) is 68.6 Å². The molecule has 184 valence electrons. The van der Waals surface area contributed by atoms with E-state index < -0.39 is 17.8 Å². The number of ether oxygens (including phenoxy) is 1. The number of anilines is 1. The van der Waals surface area contributed by atoms with E-state index in [0.717, 1.165) is 42.3 Å². The molecule has 1 saturated carbocycles. The Morgan fingerprint density at radius 2 is 2.03 bits per heavy atom. The Balaban J connectivity index is 1.30. The molecule has 0 radical (unpaired) electrons. The number of rotatable bonds is 2. The van der Waals surface area contributed by atoms with Crippen molar-refractivity contribution in [2.75, 3.05) is 19.8 Å². The van der Waals surface area contributed by atoms with Crippen LogP contribution in [-0.2, 0) is 4.74 Å². The molecule has 3 aliphatic carbocycles. The van der Waals surface area contributed by atoms with E-state index in [0.29, 0.717) is 18.3 Å². The van der Waals surface area contributed by atoms with Crippen LogP contribution in [0.2, 0.25) is 0 Å². The first-order valence-electron chi connectivity index (χ1n) is 12.8. The van der Waals surface area contributed by atoms with Gasteiger partial charge in [0.05, 0.1) is 28.3 Å². The topological polar surface area (TPSA) is 108 Å². The predicted octanol–water partition coefficient (Wildman–Crippen LogP) is 3.17. The van der Waals surface area contributed by atoms with Gasteiger partial charge in [-0.25, -0.2) is 4.98 Å². The van der Waals surface area contributed by atoms with E-state index in [1.807, 2.05) is 25.1 Å². The molecule has 1 saturated heterocycles. The van der Waals surface area contributed by atoms with E-state index in [9.17, 15) is 10.2 Å². The lowest BCUT2D eigenvalue weighted by Crippen LogP contribution is -2.61. The number of hydrogen-bond acceptors (Lipinski definition) is 6. The van der Waals surface area contributed by atoms with Crippen molar-refractivity contribution in [3.8, 4) is 0 Å². The summed E-state index contributed by atoms with van der Waals surface area (Å²) in [7, 11) is 3.94. The summed E-state index contributed by atoms with van der Waals surface area (Å²) < 4.78 is 7.22. The number of H-pyrrole nitrogens is 1. The number of nitrogens with one attached hydrogen (secondary N) is 1. The summed E-state index contributed by atoms with van der Waals surface area (Å²) in [5.41, 5.74) is 11.5. The molecule has 7 atom stereocenters. The number of nitrogen functional groups attached to an aromatic ring is 1. The number of nitrogens with two attached hydrogens (primary N) is 1. The van der Waals surface area contributed by atoms with Gasteiger partial charge in [-0.15, -0.1) is 0 Å². The summed E-state index contributed by atoms with van der Waals surface area (Å²) in [6.45, 7) is 2.39. The highest BCUT2D eigenvalue weighted by molar-refractivity contribution is 5.84. The van der Waals surface area contributed by atoms with Gasteiger partial charge in [-0.1, -0.05) is 31.2 Å². The van der Waals surface area contributed by atoms with Crippen LogP contribution in [0.1, 0.15) is 44.6 Å². The molecule has 1 aromatic carbocycles. The minimum absolute atomic E-state index is 0.0483. The maximum Gasteiger partial charge on any atom is 0.198 e. The van der Waals surface area contributed by atoms with Crippen molar-refractivity contribution in [3.05, 3.63) is 53.1 Å². The molecular formula is C28H34N4O3. The minimum Gasteiger partial charge on any atom is -0.388 e. The Labute approximate surface area is 205 Å². The molecule has 35 heavy (non-hydrogen) atoms. The fourth-order valence-electron chi connectivity index (χ4n) is 8.14. The second-order valence-corrected chi connectivity index (χ2v) is 11.8. The molecule has 2 aromatic rings. The van der Waals surface area contributed by atoms with Crippen LogP contribution < -0.4 is 5.73 Å². The molecule has 2 spiro atoms. The fraction of sp³-hybridized carbons (Fsp3) is 0.536. The van der Waals surface area contributed by atoms with Gasteiger partial charge in [0.15, 0.2) is 5.95 Å². The number of allylic oxidation sites excluding steroid dienone is 3. The van der Waals surface area contributed by atoms with Gasteiger partial charge in [-0.2, -0.15) is 0 Å². The number of benzene rings is 1. The van der Waals surface area contributed by atoms with Crippen molar-refractivity contribution in [2.45, 2.75) is 68.5 Å². The number of aromatic amines is 1. The van der Waals surface area contributed by atoms with E-state index in [1.165, 1.54) is 16.7 Å². The molecule has 2 aliphatic heterocycles. The van der Waals surface area contributed by atoms with Gasteiger partial charge in [0.25, 0.3) is 0 Å². The highest BCUT2D eigenvalue weighted by Crippen LogP contribution is 2.67. The molecule has 0 amide bonds. The SMILES string of the molecule is CN(C)C1CC23CCC4(O2)C(=CCC2(C)C(c5ccc6nc(N)[nH]c6c5)=CCC24)C=C3C(O)C1O. The standard InChI is InChI=1S/C28H34N4O3/c1-26-9-8-16-13-18-23(33)24(34)21(32(2)3)14-27(18)10-11-28(16,35-27)22(26)7-5-17(26)15-4-6-19-20(12-15)31-25(29)30-19/h4-6,8,12-13,21-24,33-34H,7,9-11,14H2,1-3H3,(H3,29,30,31). The summed E-state index contributed by atoms with van der Waals surface area (Å²) in [4.78, 5) is 9.56. The second kappa shape index (κ2) is 6.85. The van der Waals surface area contributed by atoms with Crippen molar-refractivity contribution in [1.82, 2.24) is 14.9 Å². The number of imidazole rings is 1. The molecule has 5 N–H and O–H groups in total. The Morgan fingerprint density at radius 3 is 2.83 bits per heavy atom. The lowest BCUT2D eigenvalue weighted by molar-refractivity contribution is -0.161. The first-order chi connectivity index (χ1) is 16.7. The maximum absolute atomic E-state index is 11.1. The molecule has 7 unspecified atom stereocenters. The normalized spacial score (nSPS) is 41.8. The Hall–Kier alpha value is -2.45. The van der Waals surface area contributed by atoms with E-state index in [1.54, 1.807) is 0 Å². The zero-order valence-corrected chi connectivity index (χ0v) is 20.6. The zero-order chi connectivity index (χ0) is 24.3. The van der Waals surface area contributed by atoms with Gasteiger partial charge in [0.2, 0.25) is 0 Å². The summed E-state index contributed by atoms with van der Waals surface area (Å²) in [6, 6.07) is 6.24. The lowest BCUT2D eigenvalue weighted by atomic mass is 9.58. The number of aliphatic hydroxyl groups is 2. The van der Waals surface area contributed by atoms with Crippen LogP contribution in [0.15, 0.2) is 47.6 Å². The lowest BCUT2D eigenvalue weighted by Gasteiger charge is -2.55. The molecule has 7 heteroatoms. The molecule has 7 rings (SSSR count). The summed E-state index contributed by atoms with van der Waals surface area (Å²) in [6.07, 6.45) is 9.65. The summed E-state index contributed by atoms with van der Waals surface area (Å²) in [5, 5.41) is 22.0. The van der Waals surface area contributed by atoms with Crippen LogP contribution in [0.25, 0.3) is 16.6 Å². The Kier molecular flexibility index (Phi) is 4.27. The molecule has 7 nitrogen and oxygen atoms in total. The van der Waals surface area contributed by atoms with Gasteiger partial charge < -0.3 is 30.6 Å². The molecule has 5 aliphatic rings. The van der Waals surface area contributed by atoms with Crippen molar-refractivity contribution in [1.29, 1.82) is 0 Å². The molecular weight excluding hydrogens is 440 g/mol. The van der Waals surface area contributed by atoms with Crippen LogP contribution >= 0.6 is 0 Å². The fourth-order valence-corrected chi connectivity index (χ4v) is 8.14. The number of fused-ring (bicyclic) bond motifs is 2. The zero-order valence-electron chi connectivity index (χ0n) is 20.6. The third-order valence-corrected chi connectivity index (χ3v) is 9.90. The maximum atomic E-state index is 11.1. The van der Waals surface area contributed by atoms with Crippen molar-refractivity contribution in [2.24, 2.45) is 11.3 Å². The van der Waals surface area contributed by atoms with Gasteiger partial charge in [0, 0.05) is 17.4 Å². The van der Waals surface area contributed by atoms with E-state index >= 15 is 0 Å². The Bertz CT molecular complexity index is 1340. The third kappa shape index (κ3) is 2.67. The average Bonchev–Trinajstić information content (AvgIpc) is 3.47. The minimum atomic E-state index is -0.896. The molecule has 2 bridgehead atoms. The van der Waals surface area contributed by atoms with Crippen molar-refractivity contribution in [3.63, 3.8) is 0 Å². The Morgan fingerprint density at radius 1 is 1.20 bits per heavy atom. The van der Waals surface area contributed by atoms with Crippen LogP contribution in [0.4, 0.5) is 5.95 Å². The largest absolute Gasteiger partial charge is 0.388 e. The van der Waals surface area contributed by atoms with Crippen LogP contribution in [0.5, 0.6) is 0 Å². The summed E-state index contributed by atoms with van der Waals surface area (Å²) in [5.74, 6) is 0.766. The monoisotopic (exact) mass is 474 g/mol. The molecule has 1 aromatic heterocycles. The van der Waals surface area contributed by atoms with Gasteiger partial charge in [-0.05, 0) is 80.6 Å². The van der Waals surface area contributed by atoms with Gasteiger partial charge in [0.1, 0.15) is 6.10 Å². The first-order valence-corrected chi connectivity index (χ1v) is 12.8. The average molecular weight is 475 g/mol. The van der Waals surface area contributed by atoms with Crippen molar-refractivity contribution >= 4 is 22.6 Å². The highest BCUT2D eigenvalue weighted by atomic mass is 16.5. The quantitative estimate of drug-likeness (QED) is 0.533. The van der Waals surface area contributed by atoms with E-state index in [-0.39, 0.29) is 17.1 Å². The first kappa shape index (κ1) is 21.8. The number of likely N-dealkylation sites (N-methyl/N-ethyl adjacent to an activating group) is 1. The molecule has 2 fully saturated rings. The van der Waals surface area contributed by atoms with Gasteiger partial charge >= 0.3 is 0 Å². The number of nitrogens with zero attached hydrogens (tertiary/aromatic N) is 2. The number of hydrogen-bond donors (Lipinski definition) is 4. The molecule has 3 heterocycles.